The summed E-state index contributed by atoms with van der Waals surface area (Å²) in [7, 11) is 0. The highest BCUT2D eigenvalue weighted by atomic mass is 32.2. The summed E-state index contributed by atoms with van der Waals surface area (Å²) in [6.45, 7) is 0.402. The van der Waals surface area contributed by atoms with Crippen LogP contribution in [-0.2, 0) is 11.3 Å². The topological polar surface area (TPSA) is 60.9 Å². The van der Waals surface area contributed by atoms with Crippen molar-refractivity contribution in [1.29, 1.82) is 0 Å². The van der Waals surface area contributed by atoms with Crippen LogP contribution in [0.1, 0.15) is 42.2 Å². The average Bonchev–Trinajstić information content (AvgIpc) is 3.31. The molecule has 30 heavy (non-hydrogen) atoms. The van der Waals surface area contributed by atoms with Crippen LogP contribution in [-0.4, -0.2) is 50.2 Å². The summed E-state index contributed by atoms with van der Waals surface area (Å²) in [5.74, 6) is 0.608. The van der Waals surface area contributed by atoms with E-state index in [2.05, 4.69) is 0 Å². The number of ketones is 1. The molecule has 2 saturated heterocycles. The van der Waals surface area contributed by atoms with Gasteiger partial charge in [0.2, 0.25) is 0 Å². The Labute approximate surface area is 181 Å². The van der Waals surface area contributed by atoms with Crippen molar-refractivity contribution in [1.82, 2.24) is 9.80 Å². The lowest BCUT2D eigenvalue weighted by Crippen LogP contribution is -2.60. The molecule has 1 aliphatic carbocycles. The molecule has 6 heteroatoms. The predicted octanol–water partition coefficient (Wildman–Crippen LogP) is 3.98. The lowest BCUT2D eigenvalue weighted by Gasteiger charge is -2.41. The van der Waals surface area contributed by atoms with Gasteiger partial charge in [0.1, 0.15) is 11.0 Å². The number of rotatable bonds is 4. The third-order valence-corrected chi connectivity index (χ3v) is 8.01. The lowest BCUT2D eigenvalue weighted by molar-refractivity contribution is -0.148. The van der Waals surface area contributed by atoms with E-state index >= 15 is 0 Å². The molecule has 2 aromatic rings. The summed E-state index contributed by atoms with van der Waals surface area (Å²) in [5.41, 5.74) is 0.627. The standard InChI is InChI=1S/C24H26N2O3S/c27-20-13-7-8-14-24(20,29)21-19-16-30-22(18-11-5-2-6-12-18)26(19)23(28)25(21)15-17-9-3-1-4-10-17/h1-6,9-12,19,21-22,29H,7-8,13-16H2/t19-,21-,22-,24?/m0/s1. The SMILES string of the molecule is O=C1N(Cc2ccccc2)[C@H](C2(O)CCCCC2=O)[C@@H]2CS[C@@H](c3ccccc3)N12. The number of benzene rings is 2. The van der Waals surface area contributed by atoms with Crippen LogP contribution >= 0.6 is 11.8 Å². The van der Waals surface area contributed by atoms with Crippen molar-refractivity contribution >= 4 is 23.6 Å². The molecule has 0 radical (unpaired) electrons. The van der Waals surface area contributed by atoms with E-state index in [9.17, 15) is 14.7 Å². The fourth-order valence-electron chi connectivity index (χ4n) is 5.23. The van der Waals surface area contributed by atoms with Gasteiger partial charge in [-0.15, -0.1) is 11.8 Å². The highest BCUT2D eigenvalue weighted by molar-refractivity contribution is 7.99. The third kappa shape index (κ3) is 3.13. The number of hydrogen-bond acceptors (Lipinski definition) is 4. The molecule has 3 aliphatic rings. The molecule has 1 unspecified atom stereocenters. The molecule has 2 heterocycles. The van der Waals surface area contributed by atoms with Gasteiger partial charge < -0.3 is 14.9 Å². The second-order valence-corrected chi connectivity index (χ2v) is 9.58. The van der Waals surface area contributed by atoms with Crippen molar-refractivity contribution in [3.8, 4) is 0 Å². The first-order valence-corrected chi connectivity index (χ1v) is 11.7. The molecule has 1 N–H and O–H groups in total. The number of carbonyl (C=O) groups excluding carboxylic acids is 2. The van der Waals surface area contributed by atoms with E-state index in [0.29, 0.717) is 19.4 Å². The quantitative estimate of drug-likeness (QED) is 0.810. The molecule has 2 aliphatic heterocycles. The Kier molecular flexibility index (Phi) is 5.07. The highest BCUT2D eigenvalue weighted by Crippen LogP contribution is 2.50. The van der Waals surface area contributed by atoms with Crippen LogP contribution in [0.2, 0.25) is 0 Å². The first kappa shape index (κ1) is 19.6. The van der Waals surface area contributed by atoms with Gasteiger partial charge in [-0.25, -0.2) is 4.79 Å². The van der Waals surface area contributed by atoms with Crippen LogP contribution in [0.5, 0.6) is 0 Å². The van der Waals surface area contributed by atoms with Gasteiger partial charge in [-0.1, -0.05) is 60.7 Å². The summed E-state index contributed by atoms with van der Waals surface area (Å²) >= 11 is 1.72. The Morgan fingerprint density at radius 3 is 2.40 bits per heavy atom. The molecule has 2 amide bonds. The van der Waals surface area contributed by atoms with Crippen LogP contribution in [0, 0.1) is 0 Å². The highest BCUT2D eigenvalue weighted by Gasteiger charge is 2.61. The van der Waals surface area contributed by atoms with Gasteiger partial charge in [0.25, 0.3) is 0 Å². The zero-order valence-corrected chi connectivity index (χ0v) is 17.6. The molecule has 0 aromatic heterocycles. The van der Waals surface area contributed by atoms with Crippen molar-refractivity contribution in [2.24, 2.45) is 0 Å². The van der Waals surface area contributed by atoms with E-state index in [0.717, 1.165) is 29.7 Å². The Bertz CT molecular complexity index is 938. The van der Waals surface area contributed by atoms with Crippen LogP contribution in [0.15, 0.2) is 60.7 Å². The normalized spacial score (nSPS) is 31.3. The number of Topliss-reactive ketones (excluding diaryl/α,β-unsaturated/α-hetero) is 1. The minimum Gasteiger partial charge on any atom is -0.380 e. The molecule has 0 bridgehead atoms. The van der Waals surface area contributed by atoms with Crippen molar-refractivity contribution in [2.45, 2.75) is 55.3 Å². The van der Waals surface area contributed by atoms with Crippen LogP contribution in [0.25, 0.3) is 0 Å². The first-order valence-electron chi connectivity index (χ1n) is 10.6. The van der Waals surface area contributed by atoms with E-state index < -0.39 is 11.6 Å². The van der Waals surface area contributed by atoms with E-state index in [1.54, 1.807) is 16.7 Å². The summed E-state index contributed by atoms with van der Waals surface area (Å²) < 4.78 is 0. The summed E-state index contributed by atoms with van der Waals surface area (Å²) in [4.78, 5) is 30.3. The largest absolute Gasteiger partial charge is 0.380 e. The van der Waals surface area contributed by atoms with Gasteiger partial charge >= 0.3 is 6.03 Å². The molecular weight excluding hydrogens is 396 g/mol. The van der Waals surface area contributed by atoms with Crippen LogP contribution in [0.4, 0.5) is 4.79 Å². The maximum absolute atomic E-state index is 13.7. The predicted molar refractivity (Wildman–Crippen MR) is 117 cm³/mol. The van der Waals surface area contributed by atoms with E-state index in [-0.39, 0.29) is 23.2 Å². The molecule has 2 aromatic carbocycles. The van der Waals surface area contributed by atoms with Crippen molar-refractivity contribution in [2.75, 3.05) is 5.75 Å². The zero-order valence-electron chi connectivity index (χ0n) is 16.8. The molecule has 5 nitrogen and oxygen atoms in total. The Balaban J connectivity index is 1.54. The number of amides is 2. The summed E-state index contributed by atoms with van der Waals surface area (Å²) in [6, 6.07) is 19.1. The van der Waals surface area contributed by atoms with E-state index in [1.807, 2.05) is 65.6 Å². The molecule has 4 atom stereocenters. The molecule has 1 saturated carbocycles. The third-order valence-electron chi connectivity index (χ3n) is 6.67. The Morgan fingerprint density at radius 1 is 1.00 bits per heavy atom. The van der Waals surface area contributed by atoms with Crippen molar-refractivity contribution < 1.29 is 14.7 Å². The number of hydrogen-bond donors (Lipinski definition) is 1. The second-order valence-electron chi connectivity index (χ2n) is 8.47. The van der Waals surface area contributed by atoms with Gasteiger partial charge in [-0.3, -0.25) is 4.79 Å². The zero-order chi connectivity index (χ0) is 20.7. The molecule has 0 spiro atoms. The van der Waals surface area contributed by atoms with E-state index in [4.69, 9.17) is 0 Å². The number of nitrogens with zero attached hydrogens (tertiary/aromatic N) is 2. The molecule has 156 valence electrons. The van der Waals surface area contributed by atoms with Crippen molar-refractivity contribution in [3.05, 3.63) is 71.8 Å². The van der Waals surface area contributed by atoms with Crippen LogP contribution in [0.3, 0.4) is 0 Å². The van der Waals surface area contributed by atoms with E-state index in [1.165, 1.54) is 0 Å². The Morgan fingerprint density at radius 2 is 1.70 bits per heavy atom. The molecule has 3 fully saturated rings. The molecule has 5 rings (SSSR count). The van der Waals surface area contributed by atoms with Gasteiger partial charge in [-0.05, 0) is 30.4 Å². The van der Waals surface area contributed by atoms with Gasteiger partial charge in [0.15, 0.2) is 5.78 Å². The Hall–Kier alpha value is -2.31. The molecular formula is C24H26N2O3S. The van der Waals surface area contributed by atoms with Crippen molar-refractivity contribution in [3.63, 3.8) is 0 Å². The number of carbonyl (C=O) groups is 2. The number of urea groups is 1. The van der Waals surface area contributed by atoms with Crippen LogP contribution < -0.4 is 0 Å². The van der Waals surface area contributed by atoms with Gasteiger partial charge in [0.05, 0.1) is 12.1 Å². The monoisotopic (exact) mass is 422 g/mol. The number of aliphatic hydroxyl groups is 1. The maximum Gasteiger partial charge on any atom is 0.322 e. The summed E-state index contributed by atoms with van der Waals surface area (Å²) in [5, 5.41) is 11.5. The number of thioether (sulfide) groups is 1. The average molecular weight is 423 g/mol. The fourth-order valence-corrected chi connectivity index (χ4v) is 6.71. The lowest BCUT2D eigenvalue weighted by atomic mass is 9.75. The first-order chi connectivity index (χ1) is 14.6. The second kappa shape index (κ2) is 7.75. The van der Waals surface area contributed by atoms with Gasteiger partial charge in [0, 0.05) is 18.7 Å². The maximum atomic E-state index is 13.7. The minimum absolute atomic E-state index is 0.0838. The smallest absolute Gasteiger partial charge is 0.322 e. The minimum atomic E-state index is -1.46. The number of fused-ring (bicyclic) bond motifs is 1. The fraction of sp³-hybridized carbons (Fsp3) is 0.417. The van der Waals surface area contributed by atoms with Gasteiger partial charge in [-0.2, -0.15) is 0 Å². The summed E-state index contributed by atoms with van der Waals surface area (Å²) in [6.07, 6.45) is 2.45.